The van der Waals surface area contributed by atoms with Crippen LogP contribution in [0.3, 0.4) is 0 Å². The van der Waals surface area contributed by atoms with Gasteiger partial charge in [-0.15, -0.1) is 0 Å². The Morgan fingerprint density at radius 3 is 2.76 bits per heavy atom. The lowest BCUT2D eigenvalue weighted by molar-refractivity contribution is 0.414. The van der Waals surface area contributed by atoms with Gasteiger partial charge in [-0.25, -0.2) is 4.79 Å². The van der Waals surface area contributed by atoms with Gasteiger partial charge in [-0.1, -0.05) is 24.3 Å². The van der Waals surface area contributed by atoms with Crippen LogP contribution >= 0.6 is 0 Å². The number of fused-ring (bicyclic) bond motifs is 1. The molecule has 0 saturated heterocycles. The number of aromatic hydroxyl groups is 1. The minimum absolute atomic E-state index is 0.0235. The molecule has 0 unspecified atom stereocenters. The Labute approximate surface area is 121 Å². The molecule has 1 heterocycles. The van der Waals surface area contributed by atoms with E-state index in [4.69, 9.17) is 9.15 Å². The summed E-state index contributed by atoms with van der Waals surface area (Å²) in [7, 11) is 1.58. The Morgan fingerprint density at radius 2 is 1.95 bits per heavy atom. The highest BCUT2D eigenvalue weighted by atomic mass is 16.5. The van der Waals surface area contributed by atoms with Gasteiger partial charge in [-0.3, -0.25) is 0 Å². The second-order valence-electron chi connectivity index (χ2n) is 4.74. The van der Waals surface area contributed by atoms with Crippen LogP contribution in [0.4, 0.5) is 0 Å². The van der Waals surface area contributed by atoms with Crippen LogP contribution in [0.5, 0.6) is 11.5 Å². The van der Waals surface area contributed by atoms with E-state index in [1.165, 1.54) is 0 Å². The van der Waals surface area contributed by atoms with Crippen molar-refractivity contribution < 1.29 is 14.3 Å². The lowest BCUT2D eigenvalue weighted by atomic mass is 10.0. The zero-order chi connectivity index (χ0) is 14.8. The Hall–Kier alpha value is -2.75. The van der Waals surface area contributed by atoms with Gasteiger partial charge >= 0.3 is 5.63 Å². The van der Waals surface area contributed by atoms with Crippen molar-refractivity contribution in [1.82, 2.24) is 0 Å². The van der Waals surface area contributed by atoms with E-state index < -0.39 is 5.63 Å². The summed E-state index contributed by atoms with van der Waals surface area (Å²) in [6.45, 7) is 0. The van der Waals surface area contributed by atoms with Gasteiger partial charge < -0.3 is 14.3 Å². The molecule has 0 amide bonds. The second kappa shape index (κ2) is 5.32. The highest BCUT2D eigenvalue weighted by Gasteiger charge is 2.14. The van der Waals surface area contributed by atoms with E-state index in [2.05, 4.69) is 0 Å². The molecular weight excluding hydrogens is 268 g/mol. The van der Waals surface area contributed by atoms with E-state index in [1.54, 1.807) is 31.4 Å². The molecule has 4 nitrogen and oxygen atoms in total. The average Bonchev–Trinajstić information content (AvgIpc) is 2.51. The number of benzene rings is 2. The molecule has 0 spiro atoms. The van der Waals surface area contributed by atoms with E-state index in [0.29, 0.717) is 16.7 Å². The molecule has 3 rings (SSSR count). The molecule has 3 aromatic rings. The first-order valence-corrected chi connectivity index (χ1v) is 6.55. The van der Waals surface area contributed by atoms with Crippen LogP contribution in [0.2, 0.25) is 0 Å². The Bertz CT molecular complexity index is 849. The van der Waals surface area contributed by atoms with Crippen molar-refractivity contribution in [3.8, 4) is 11.5 Å². The van der Waals surface area contributed by atoms with Crippen LogP contribution in [-0.2, 0) is 6.42 Å². The maximum atomic E-state index is 12.1. The first kappa shape index (κ1) is 13.2. The molecule has 1 aromatic heterocycles. The molecule has 0 fully saturated rings. The molecule has 2 aromatic carbocycles. The third-order valence-electron chi connectivity index (χ3n) is 3.39. The van der Waals surface area contributed by atoms with Crippen LogP contribution in [0.15, 0.2) is 57.7 Å². The van der Waals surface area contributed by atoms with E-state index in [-0.39, 0.29) is 17.7 Å². The first-order valence-electron chi connectivity index (χ1n) is 6.55. The zero-order valence-electron chi connectivity index (χ0n) is 11.5. The highest BCUT2D eigenvalue weighted by Crippen LogP contribution is 2.28. The molecule has 0 atom stereocenters. The summed E-state index contributed by atoms with van der Waals surface area (Å²) < 4.78 is 10.4. The van der Waals surface area contributed by atoms with Gasteiger partial charge in [0.15, 0.2) is 0 Å². The van der Waals surface area contributed by atoms with E-state index in [0.717, 1.165) is 5.56 Å². The van der Waals surface area contributed by atoms with Crippen molar-refractivity contribution >= 4 is 11.0 Å². The maximum absolute atomic E-state index is 12.1. The van der Waals surface area contributed by atoms with Crippen LogP contribution in [0.1, 0.15) is 11.1 Å². The minimum atomic E-state index is -0.519. The summed E-state index contributed by atoms with van der Waals surface area (Å²) in [5.74, 6) is 0.682. The fraction of sp³-hybridized carbons (Fsp3) is 0.118. The molecule has 0 bridgehead atoms. The summed E-state index contributed by atoms with van der Waals surface area (Å²) in [6, 6.07) is 14.3. The number of para-hydroxylation sites is 1. The number of hydrogen-bond acceptors (Lipinski definition) is 4. The van der Waals surface area contributed by atoms with Crippen LogP contribution in [0, 0.1) is 0 Å². The lowest BCUT2D eigenvalue weighted by Crippen LogP contribution is -2.08. The Kier molecular flexibility index (Phi) is 3.36. The zero-order valence-corrected chi connectivity index (χ0v) is 11.5. The van der Waals surface area contributed by atoms with Gasteiger partial charge in [0.2, 0.25) is 0 Å². The molecular formula is C17H14O4. The molecule has 21 heavy (non-hydrogen) atoms. The number of rotatable bonds is 3. The molecule has 0 aliphatic rings. The van der Waals surface area contributed by atoms with Crippen LogP contribution < -0.4 is 10.4 Å². The average molecular weight is 282 g/mol. The summed E-state index contributed by atoms with van der Waals surface area (Å²) in [5, 5.41) is 10.9. The summed E-state index contributed by atoms with van der Waals surface area (Å²) in [4.78, 5) is 12.1. The van der Waals surface area contributed by atoms with Gasteiger partial charge in [-0.05, 0) is 29.8 Å². The normalized spacial score (nSPS) is 10.7. The number of hydrogen-bond donors (Lipinski definition) is 1. The molecule has 0 radical (unpaired) electrons. The van der Waals surface area contributed by atoms with Crippen LogP contribution in [-0.4, -0.2) is 12.2 Å². The standard InChI is InChI=1S/C17H14O4/c1-20-12-6-4-5-11(9-12)10-14-16(18)13-7-2-3-8-15(13)21-17(14)19/h2-9,18H,10H2,1H3. The largest absolute Gasteiger partial charge is 0.507 e. The van der Waals surface area contributed by atoms with Gasteiger partial charge in [0.25, 0.3) is 0 Å². The summed E-state index contributed by atoms with van der Waals surface area (Å²) in [5.41, 5.74) is 0.984. The molecule has 0 aliphatic carbocycles. The van der Waals surface area contributed by atoms with Crippen molar-refractivity contribution in [2.24, 2.45) is 0 Å². The van der Waals surface area contributed by atoms with Crippen LogP contribution in [0.25, 0.3) is 11.0 Å². The van der Waals surface area contributed by atoms with E-state index >= 15 is 0 Å². The fourth-order valence-electron chi connectivity index (χ4n) is 2.31. The van der Waals surface area contributed by atoms with Gasteiger partial charge in [0.05, 0.1) is 18.1 Å². The summed E-state index contributed by atoms with van der Waals surface area (Å²) in [6.07, 6.45) is 0.288. The molecule has 0 saturated carbocycles. The third kappa shape index (κ3) is 2.48. The molecule has 1 N–H and O–H groups in total. The minimum Gasteiger partial charge on any atom is -0.507 e. The quantitative estimate of drug-likeness (QED) is 0.750. The molecule has 4 heteroatoms. The van der Waals surface area contributed by atoms with Gasteiger partial charge in [0.1, 0.15) is 17.1 Å². The molecule has 106 valence electrons. The monoisotopic (exact) mass is 282 g/mol. The topological polar surface area (TPSA) is 59.7 Å². The van der Waals surface area contributed by atoms with Crippen molar-refractivity contribution in [2.45, 2.75) is 6.42 Å². The van der Waals surface area contributed by atoms with E-state index in [9.17, 15) is 9.90 Å². The number of ether oxygens (including phenoxy) is 1. The molecule has 0 aliphatic heterocycles. The number of methoxy groups -OCH3 is 1. The first-order chi connectivity index (χ1) is 10.2. The predicted octanol–water partition coefficient (Wildman–Crippen LogP) is 3.10. The van der Waals surface area contributed by atoms with Crippen molar-refractivity contribution in [2.75, 3.05) is 7.11 Å². The predicted molar refractivity (Wildman–Crippen MR) is 79.9 cm³/mol. The smallest absolute Gasteiger partial charge is 0.343 e. The van der Waals surface area contributed by atoms with Gasteiger partial charge in [-0.2, -0.15) is 0 Å². The Balaban J connectivity index is 2.10. The SMILES string of the molecule is COc1cccc(Cc2c(O)c3ccccc3oc2=O)c1. The van der Waals surface area contributed by atoms with Crippen molar-refractivity contribution in [3.63, 3.8) is 0 Å². The van der Waals surface area contributed by atoms with Crippen molar-refractivity contribution in [1.29, 1.82) is 0 Å². The van der Waals surface area contributed by atoms with Crippen molar-refractivity contribution in [3.05, 3.63) is 70.1 Å². The Morgan fingerprint density at radius 1 is 1.14 bits per heavy atom. The second-order valence-corrected chi connectivity index (χ2v) is 4.74. The lowest BCUT2D eigenvalue weighted by Gasteiger charge is -2.07. The maximum Gasteiger partial charge on any atom is 0.343 e. The van der Waals surface area contributed by atoms with Gasteiger partial charge in [0, 0.05) is 6.42 Å². The summed E-state index contributed by atoms with van der Waals surface area (Å²) >= 11 is 0. The fourth-order valence-corrected chi connectivity index (χ4v) is 2.31. The third-order valence-corrected chi connectivity index (χ3v) is 3.39. The highest BCUT2D eigenvalue weighted by molar-refractivity contribution is 5.84. The van der Waals surface area contributed by atoms with E-state index in [1.807, 2.05) is 24.3 Å².